The van der Waals surface area contributed by atoms with Crippen molar-refractivity contribution >= 4 is 23.1 Å². The number of rotatable bonds is 6. The molecular weight excluding hydrogens is 328 g/mol. The van der Waals surface area contributed by atoms with Crippen molar-refractivity contribution in [2.75, 3.05) is 0 Å². The fourth-order valence-corrected chi connectivity index (χ4v) is 1.83. The number of ketones is 4. The summed E-state index contributed by atoms with van der Waals surface area (Å²) < 4.78 is 0. The smallest absolute Gasteiger partial charge is 0.203 e. The number of carbonyl (C=O) groups excluding carboxylic acids is 4. The van der Waals surface area contributed by atoms with Crippen LogP contribution in [0, 0.1) is 22.2 Å². The predicted octanol–water partition coefficient (Wildman–Crippen LogP) is 5.21. The maximum Gasteiger partial charge on any atom is 0.203 e. The molecule has 4 nitrogen and oxygen atoms in total. The highest BCUT2D eigenvalue weighted by atomic mass is 16.2. The maximum atomic E-state index is 11.5. The predicted molar refractivity (Wildman–Crippen MR) is 107 cm³/mol. The van der Waals surface area contributed by atoms with Gasteiger partial charge in [-0.3, -0.25) is 19.2 Å². The van der Waals surface area contributed by atoms with Crippen LogP contribution in [0.2, 0.25) is 0 Å². The highest BCUT2D eigenvalue weighted by Crippen LogP contribution is 2.22. The first-order valence-corrected chi connectivity index (χ1v) is 9.50. The lowest BCUT2D eigenvalue weighted by Gasteiger charge is -2.20. The molecule has 152 valence electrons. The molecule has 0 fully saturated rings. The summed E-state index contributed by atoms with van der Waals surface area (Å²) >= 11 is 0. The third kappa shape index (κ3) is 10.6. The van der Waals surface area contributed by atoms with Crippen LogP contribution in [0.1, 0.15) is 95.4 Å². The highest BCUT2D eigenvalue weighted by Gasteiger charge is 2.31. The molecule has 0 bridgehead atoms. The molecule has 0 aliphatic rings. The van der Waals surface area contributed by atoms with Crippen LogP contribution in [0.15, 0.2) is 0 Å². The van der Waals surface area contributed by atoms with Crippen molar-refractivity contribution in [1.29, 1.82) is 0 Å². The van der Waals surface area contributed by atoms with Crippen molar-refractivity contribution in [3.05, 3.63) is 0 Å². The van der Waals surface area contributed by atoms with Crippen molar-refractivity contribution in [1.82, 2.24) is 0 Å². The average Bonchev–Trinajstić information content (AvgIpc) is 2.43. The van der Waals surface area contributed by atoms with Gasteiger partial charge < -0.3 is 0 Å². The monoisotopic (exact) mass is 368 g/mol. The molecule has 0 spiro atoms. The molecule has 26 heavy (non-hydrogen) atoms. The zero-order valence-corrected chi connectivity index (χ0v) is 18.8. The summed E-state index contributed by atoms with van der Waals surface area (Å²) in [5.41, 5.74) is -1.33. The summed E-state index contributed by atoms with van der Waals surface area (Å²) in [6.07, 6.45) is 1.82. The Morgan fingerprint density at radius 1 is 0.692 bits per heavy atom. The Kier molecular flexibility index (Phi) is 10.5. The van der Waals surface area contributed by atoms with Crippen LogP contribution in [-0.4, -0.2) is 23.1 Å². The first-order valence-electron chi connectivity index (χ1n) is 9.50. The second-order valence-electron chi connectivity index (χ2n) is 10.2. The van der Waals surface area contributed by atoms with E-state index in [2.05, 4.69) is 0 Å². The van der Waals surface area contributed by atoms with Gasteiger partial charge in [0.15, 0.2) is 0 Å². The molecule has 0 N–H and O–H groups in total. The first-order chi connectivity index (χ1) is 11.4. The van der Waals surface area contributed by atoms with Crippen LogP contribution in [0.4, 0.5) is 0 Å². The lowest BCUT2D eigenvalue weighted by molar-refractivity contribution is -0.143. The second kappa shape index (κ2) is 10.1. The average molecular weight is 369 g/mol. The molecule has 0 aliphatic carbocycles. The molecule has 0 heterocycles. The van der Waals surface area contributed by atoms with E-state index in [9.17, 15) is 19.2 Å². The zero-order chi connectivity index (χ0) is 21.5. The van der Waals surface area contributed by atoms with E-state index in [1.165, 1.54) is 0 Å². The van der Waals surface area contributed by atoms with Crippen LogP contribution >= 0.6 is 0 Å². The highest BCUT2D eigenvalue weighted by molar-refractivity contribution is 6.39. The normalized spacial score (nSPS) is 13.3. The second-order valence-corrected chi connectivity index (χ2v) is 10.2. The fourth-order valence-electron chi connectivity index (χ4n) is 1.83. The Bertz CT molecular complexity index is 484. The molecule has 4 heteroatoms. The molecule has 0 saturated carbocycles. The molecule has 0 aromatic rings. The van der Waals surface area contributed by atoms with Crippen LogP contribution in [0.5, 0.6) is 0 Å². The van der Waals surface area contributed by atoms with Crippen LogP contribution < -0.4 is 0 Å². The van der Waals surface area contributed by atoms with Gasteiger partial charge in [-0.15, -0.1) is 0 Å². The van der Waals surface area contributed by atoms with E-state index < -0.39 is 16.2 Å². The maximum absolute atomic E-state index is 11.5. The summed E-state index contributed by atoms with van der Waals surface area (Å²) in [4.78, 5) is 46.1. The summed E-state index contributed by atoms with van der Waals surface area (Å²) in [5.74, 6) is -0.528. The number of hydrogen-bond acceptors (Lipinski definition) is 4. The van der Waals surface area contributed by atoms with Crippen molar-refractivity contribution in [3.63, 3.8) is 0 Å². The van der Waals surface area contributed by atoms with Gasteiger partial charge in [-0.05, 0) is 6.42 Å². The third-order valence-corrected chi connectivity index (χ3v) is 4.07. The Balaban J connectivity index is 0. The van der Waals surface area contributed by atoms with E-state index in [-0.39, 0.29) is 35.5 Å². The van der Waals surface area contributed by atoms with E-state index in [1.807, 2.05) is 55.4 Å². The van der Waals surface area contributed by atoms with Crippen LogP contribution in [0.25, 0.3) is 0 Å². The number of hydrogen-bond donors (Lipinski definition) is 0. The lowest BCUT2D eigenvalue weighted by Crippen LogP contribution is -2.32. The Morgan fingerprint density at radius 2 is 1.04 bits per heavy atom. The summed E-state index contributed by atoms with van der Waals surface area (Å²) in [7, 11) is 0. The van der Waals surface area contributed by atoms with E-state index in [0.29, 0.717) is 0 Å². The van der Waals surface area contributed by atoms with Gasteiger partial charge in [0.05, 0.1) is 6.42 Å². The largest absolute Gasteiger partial charge is 0.299 e. The van der Waals surface area contributed by atoms with Gasteiger partial charge in [0.1, 0.15) is 11.6 Å². The van der Waals surface area contributed by atoms with Crippen molar-refractivity contribution in [2.24, 2.45) is 22.2 Å². The minimum absolute atomic E-state index is 0.0208. The summed E-state index contributed by atoms with van der Waals surface area (Å²) in [5, 5.41) is 0. The van der Waals surface area contributed by atoms with Gasteiger partial charge >= 0.3 is 0 Å². The Labute approximate surface area is 160 Å². The molecule has 0 amide bonds. The van der Waals surface area contributed by atoms with Gasteiger partial charge in [-0.1, -0.05) is 82.6 Å². The molecule has 1 atom stereocenters. The molecular formula is C22H40O4. The van der Waals surface area contributed by atoms with Crippen LogP contribution in [0.3, 0.4) is 0 Å². The van der Waals surface area contributed by atoms with E-state index in [0.717, 1.165) is 12.8 Å². The third-order valence-electron chi connectivity index (χ3n) is 4.07. The molecule has 0 radical (unpaired) electrons. The van der Waals surface area contributed by atoms with E-state index in [1.54, 1.807) is 20.8 Å². The van der Waals surface area contributed by atoms with Crippen LogP contribution in [-0.2, 0) is 19.2 Å². The van der Waals surface area contributed by atoms with E-state index >= 15 is 0 Å². The van der Waals surface area contributed by atoms with Gasteiger partial charge in [0, 0.05) is 22.2 Å². The summed E-state index contributed by atoms with van der Waals surface area (Å²) in [6, 6.07) is 0. The molecule has 0 saturated heterocycles. The van der Waals surface area contributed by atoms with Gasteiger partial charge in [0.25, 0.3) is 0 Å². The molecule has 0 aromatic heterocycles. The van der Waals surface area contributed by atoms with Gasteiger partial charge in [-0.2, -0.15) is 0 Å². The minimum atomic E-state index is -0.529. The molecule has 1 unspecified atom stereocenters. The molecule has 0 aromatic carbocycles. The summed E-state index contributed by atoms with van der Waals surface area (Å²) in [6.45, 7) is 20.2. The number of Topliss-reactive ketones (excluding diaryl/α,β-unsaturated/α-hetero) is 4. The SMILES string of the molecule is CC(C)(C)C(=O)CC(=O)C(C)(C)C.CCCC(C)C(=O)C(=O)C(C)(C)C. The molecule has 0 aliphatic heterocycles. The van der Waals surface area contributed by atoms with Crippen molar-refractivity contribution in [2.45, 2.75) is 95.4 Å². The van der Waals surface area contributed by atoms with Gasteiger partial charge in [-0.25, -0.2) is 0 Å². The fraction of sp³-hybridized carbons (Fsp3) is 0.818. The van der Waals surface area contributed by atoms with Gasteiger partial charge in [0.2, 0.25) is 11.6 Å². The minimum Gasteiger partial charge on any atom is -0.299 e. The van der Waals surface area contributed by atoms with E-state index in [4.69, 9.17) is 0 Å². The zero-order valence-electron chi connectivity index (χ0n) is 18.8. The Hall–Kier alpha value is -1.32. The van der Waals surface area contributed by atoms with Crippen molar-refractivity contribution < 1.29 is 19.2 Å². The Morgan fingerprint density at radius 3 is 1.27 bits per heavy atom. The van der Waals surface area contributed by atoms with Crippen molar-refractivity contribution in [3.8, 4) is 0 Å². The first kappa shape index (κ1) is 26.9. The quantitative estimate of drug-likeness (QED) is 0.476. The number of carbonyl (C=O) groups is 4. The molecule has 0 rings (SSSR count). The standard InChI is InChI=1S/2C11H20O2/c1-10(2,3)8(12)7-9(13)11(4,5)6;1-6-7-8(2)9(12)10(13)11(3,4)5/h7H2,1-6H3;8H,6-7H2,1-5H3. The lowest BCUT2D eigenvalue weighted by atomic mass is 9.82. The topological polar surface area (TPSA) is 68.3 Å².